The molecule has 0 aromatic carbocycles. The fraction of sp³-hybridized carbons (Fsp3) is 0.900. The molecule has 0 rings (SSSR count). The largest absolute Gasteiger partial charge is 0.385 e. The Labute approximate surface area is 108 Å². The van der Waals surface area contributed by atoms with Gasteiger partial charge in [0, 0.05) is 22.3 Å². The fourth-order valence-corrected chi connectivity index (χ4v) is 2.60. The number of rotatable bonds is 7. The first-order valence-corrected chi connectivity index (χ1v) is 6.45. The second-order valence-electron chi connectivity index (χ2n) is 3.34. The Balaban J connectivity index is 0. The van der Waals surface area contributed by atoms with Crippen LogP contribution in [0.4, 0.5) is 0 Å². The number of thioether (sulfide) groups is 1. The van der Waals surface area contributed by atoms with E-state index in [0.717, 1.165) is 0 Å². The van der Waals surface area contributed by atoms with Crippen LogP contribution in [-0.2, 0) is 17.1 Å². The molecule has 0 saturated heterocycles. The molecule has 89 valence electrons. The molecule has 0 aromatic heterocycles. The number of hydrogen-bond donors (Lipinski definition) is 1. The van der Waals surface area contributed by atoms with E-state index in [4.69, 9.17) is 18.0 Å². The third-order valence-electron chi connectivity index (χ3n) is 2.04. The van der Waals surface area contributed by atoms with Crippen molar-refractivity contribution in [3.05, 3.63) is 0 Å². The monoisotopic (exact) mass is 282 g/mol. The molecule has 1 radical (unpaired) electrons. The minimum absolute atomic E-state index is 0. The smallest absolute Gasteiger partial charge is 0.131 e. The van der Waals surface area contributed by atoms with Gasteiger partial charge in [0.2, 0.25) is 0 Å². The van der Waals surface area contributed by atoms with Gasteiger partial charge in [0.05, 0.1) is 0 Å². The van der Waals surface area contributed by atoms with Gasteiger partial charge in [-0.05, 0) is 12.8 Å². The summed E-state index contributed by atoms with van der Waals surface area (Å²) in [6.45, 7) is 4.45. The van der Waals surface area contributed by atoms with Crippen LogP contribution in [0.5, 0.6) is 0 Å². The summed E-state index contributed by atoms with van der Waals surface area (Å²) in [5.41, 5.74) is 5.53. The number of thiocarbonyl (C=S) groups is 1. The SMILES string of the molecule is CCCCC(CCCC)SC(N)=S.[Cu]. The van der Waals surface area contributed by atoms with E-state index in [1.807, 2.05) is 0 Å². The van der Waals surface area contributed by atoms with E-state index >= 15 is 0 Å². The van der Waals surface area contributed by atoms with Crippen molar-refractivity contribution in [1.29, 1.82) is 0 Å². The summed E-state index contributed by atoms with van der Waals surface area (Å²) in [5.74, 6) is 0. The van der Waals surface area contributed by atoms with Gasteiger partial charge in [0.1, 0.15) is 4.32 Å². The van der Waals surface area contributed by atoms with Crippen molar-refractivity contribution in [2.45, 2.75) is 57.6 Å². The Morgan fingerprint density at radius 2 is 1.64 bits per heavy atom. The molecule has 0 aliphatic rings. The van der Waals surface area contributed by atoms with Crippen LogP contribution in [0.2, 0.25) is 0 Å². The summed E-state index contributed by atoms with van der Waals surface area (Å²) < 4.78 is 0.609. The van der Waals surface area contributed by atoms with Crippen LogP contribution in [0.3, 0.4) is 0 Å². The number of hydrogen-bond acceptors (Lipinski definition) is 2. The predicted molar refractivity (Wildman–Crippen MR) is 67.2 cm³/mol. The van der Waals surface area contributed by atoms with Crippen molar-refractivity contribution in [1.82, 2.24) is 0 Å². The molecule has 1 nitrogen and oxygen atoms in total. The van der Waals surface area contributed by atoms with Gasteiger partial charge in [-0.3, -0.25) is 0 Å². The third-order valence-corrected chi connectivity index (χ3v) is 3.37. The number of unbranched alkanes of at least 4 members (excludes halogenated alkanes) is 2. The van der Waals surface area contributed by atoms with Gasteiger partial charge >= 0.3 is 0 Å². The van der Waals surface area contributed by atoms with Crippen LogP contribution < -0.4 is 5.73 Å². The summed E-state index contributed by atoms with van der Waals surface area (Å²) in [4.78, 5) is 0. The zero-order chi connectivity index (χ0) is 10.1. The van der Waals surface area contributed by atoms with E-state index in [0.29, 0.717) is 9.57 Å². The van der Waals surface area contributed by atoms with E-state index in [-0.39, 0.29) is 17.1 Å². The summed E-state index contributed by atoms with van der Waals surface area (Å²) in [7, 11) is 0. The molecule has 0 unspecified atom stereocenters. The van der Waals surface area contributed by atoms with Crippen LogP contribution in [0, 0.1) is 0 Å². The summed E-state index contributed by atoms with van der Waals surface area (Å²) in [6, 6.07) is 0. The maximum atomic E-state index is 5.53. The van der Waals surface area contributed by atoms with Crippen LogP contribution >= 0.6 is 24.0 Å². The maximum absolute atomic E-state index is 5.53. The molecule has 0 aliphatic heterocycles. The molecule has 0 bridgehead atoms. The first-order valence-electron chi connectivity index (χ1n) is 5.16. The second-order valence-corrected chi connectivity index (χ2v) is 5.38. The van der Waals surface area contributed by atoms with E-state index in [2.05, 4.69) is 13.8 Å². The van der Waals surface area contributed by atoms with Gasteiger partial charge in [-0.15, -0.1) is 0 Å². The van der Waals surface area contributed by atoms with Gasteiger partial charge in [-0.2, -0.15) is 0 Å². The van der Waals surface area contributed by atoms with Gasteiger partial charge < -0.3 is 5.73 Å². The standard InChI is InChI=1S/C10H21NS2.Cu/c1-3-5-7-9(8-6-4-2)13-10(11)12;/h9H,3-8H2,1-2H3,(H2,11,12);. The maximum Gasteiger partial charge on any atom is 0.131 e. The summed E-state index contributed by atoms with van der Waals surface area (Å²) in [5, 5.41) is 0.664. The normalized spacial score (nSPS) is 9.93. The Morgan fingerprint density at radius 1 is 1.21 bits per heavy atom. The Hall–Kier alpha value is 0.759. The molecule has 0 aliphatic carbocycles. The average Bonchev–Trinajstić information content (AvgIpc) is 2.09. The van der Waals surface area contributed by atoms with Gasteiger partial charge in [0.25, 0.3) is 0 Å². The topological polar surface area (TPSA) is 26.0 Å². The van der Waals surface area contributed by atoms with Gasteiger partial charge in [0.15, 0.2) is 0 Å². The zero-order valence-corrected chi connectivity index (χ0v) is 11.6. The minimum Gasteiger partial charge on any atom is -0.385 e. The van der Waals surface area contributed by atoms with Crippen LogP contribution in [0.15, 0.2) is 0 Å². The van der Waals surface area contributed by atoms with Gasteiger partial charge in [-0.25, -0.2) is 0 Å². The zero-order valence-electron chi connectivity index (χ0n) is 9.02. The Kier molecular flexibility index (Phi) is 14.5. The van der Waals surface area contributed by atoms with E-state index in [9.17, 15) is 0 Å². The molecular formula is C10H21CuNS2. The van der Waals surface area contributed by atoms with Crippen molar-refractivity contribution in [3.8, 4) is 0 Å². The summed E-state index contributed by atoms with van der Waals surface area (Å²) in [6.07, 6.45) is 7.64. The van der Waals surface area contributed by atoms with Crippen molar-refractivity contribution in [3.63, 3.8) is 0 Å². The molecule has 0 saturated carbocycles. The molecule has 0 atom stereocenters. The first kappa shape index (κ1) is 17.2. The Bertz CT molecular complexity index is 134. The van der Waals surface area contributed by atoms with Crippen LogP contribution in [0.1, 0.15) is 52.4 Å². The van der Waals surface area contributed by atoms with E-state index in [1.165, 1.54) is 38.5 Å². The Morgan fingerprint density at radius 3 is 1.93 bits per heavy atom. The second kappa shape index (κ2) is 11.8. The molecule has 0 aromatic rings. The van der Waals surface area contributed by atoms with Crippen molar-refractivity contribution < 1.29 is 17.1 Å². The molecule has 14 heavy (non-hydrogen) atoms. The fourth-order valence-electron chi connectivity index (χ4n) is 1.29. The first-order chi connectivity index (χ1) is 6.20. The van der Waals surface area contributed by atoms with Gasteiger partial charge in [-0.1, -0.05) is 63.5 Å². The van der Waals surface area contributed by atoms with Crippen molar-refractivity contribution in [2.24, 2.45) is 5.73 Å². The van der Waals surface area contributed by atoms with Crippen molar-refractivity contribution >= 4 is 28.3 Å². The molecule has 0 spiro atoms. The van der Waals surface area contributed by atoms with E-state index < -0.39 is 0 Å². The molecule has 4 heteroatoms. The van der Waals surface area contributed by atoms with Crippen LogP contribution in [-0.4, -0.2) is 9.57 Å². The molecule has 2 N–H and O–H groups in total. The minimum atomic E-state index is 0. The quantitative estimate of drug-likeness (QED) is 0.569. The molecule has 0 heterocycles. The molecule has 0 fully saturated rings. The molecular weight excluding hydrogens is 262 g/mol. The average molecular weight is 283 g/mol. The van der Waals surface area contributed by atoms with Crippen LogP contribution in [0.25, 0.3) is 0 Å². The third kappa shape index (κ3) is 10.8. The molecule has 0 amide bonds. The summed E-state index contributed by atoms with van der Waals surface area (Å²) >= 11 is 6.60. The predicted octanol–water partition coefficient (Wildman–Crippen LogP) is 3.71. The number of nitrogens with two attached hydrogens (primary N) is 1. The van der Waals surface area contributed by atoms with Crippen molar-refractivity contribution in [2.75, 3.05) is 0 Å². The van der Waals surface area contributed by atoms with E-state index in [1.54, 1.807) is 11.8 Å².